The first-order valence-corrected chi connectivity index (χ1v) is 4.71. The van der Waals surface area contributed by atoms with Crippen LogP contribution >= 0.6 is 0 Å². The minimum Gasteiger partial charge on any atom is -0.396 e. The van der Waals surface area contributed by atoms with E-state index >= 15 is 0 Å². The van der Waals surface area contributed by atoms with Crippen LogP contribution in [0.15, 0.2) is 15.0 Å². The first kappa shape index (κ1) is 16.0. The van der Waals surface area contributed by atoms with Crippen molar-refractivity contribution in [1.29, 1.82) is 0 Å². The smallest absolute Gasteiger partial charge is 0.287 e. The van der Waals surface area contributed by atoms with Crippen LogP contribution in [0, 0.1) is 5.41 Å². The molecule has 0 saturated heterocycles. The van der Waals surface area contributed by atoms with E-state index < -0.39 is 31.0 Å². The van der Waals surface area contributed by atoms with Gasteiger partial charge in [0.15, 0.2) is 0 Å². The summed E-state index contributed by atoms with van der Waals surface area (Å²) in [6.07, 6.45) is 2.78. The summed E-state index contributed by atoms with van der Waals surface area (Å²) in [7, 11) is 0. The predicted molar refractivity (Wildman–Crippen MR) is 55.4 cm³/mol. The number of rotatable bonds is 8. The first-order valence-electron chi connectivity index (χ1n) is 4.71. The fraction of sp³-hybridized carbons (Fsp3) is 0.667. The lowest BCUT2D eigenvalue weighted by molar-refractivity contribution is -0.0229. The zero-order valence-corrected chi connectivity index (χ0v) is 9.24. The summed E-state index contributed by atoms with van der Waals surface area (Å²) < 4.78 is 0. The minimum absolute atomic E-state index is 0.332. The molecule has 98 valence electrons. The molecule has 0 aromatic rings. The molecule has 0 heterocycles. The Labute approximate surface area is 101 Å². The highest BCUT2D eigenvalue weighted by atomic mass is 16.3. The topological polar surface area (TPSA) is 149 Å². The van der Waals surface area contributed by atoms with Crippen molar-refractivity contribution in [3.8, 4) is 0 Å². The molecule has 18 heavy (non-hydrogen) atoms. The van der Waals surface area contributed by atoms with Crippen molar-refractivity contribution >= 4 is 18.2 Å². The molecule has 0 aliphatic carbocycles. The first-order chi connectivity index (χ1) is 8.61. The largest absolute Gasteiger partial charge is 0.396 e. The van der Waals surface area contributed by atoms with Crippen LogP contribution in [-0.2, 0) is 14.4 Å². The Bertz CT molecular complexity index is 368. The average Bonchev–Trinajstić information content (AvgIpc) is 2.37. The van der Waals surface area contributed by atoms with E-state index in [4.69, 9.17) is 5.11 Å². The van der Waals surface area contributed by atoms with E-state index in [1.165, 1.54) is 0 Å². The zero-order chi connectivity index (χ0) is 14.1. The van der Waals surface area contributed by atoms with Gasteiger partial charge in [0.05, 0.1) is 18.6 Å². The lowest BCUT2D eigenvalue weighted by Crippen LogP contribution is -2.50. The van der Waals surface area contributed by atoms with E-state index in [-0.39, 0.29) is 6.42 Å². The molecular weight excluding hydrogens is 246 g/mol. The lowest BCUT2D eigenvalue weighted by atomic mass is 9.79. The van der Waals surface area contributed by atoms with Crippen molar-refractivity contribution in [3.05, 3.63) is 0 Å². The van der Waals surface area contributed by atoms with Crippen LogP contribution < -0.4 is 0 Å². The summed E-state index contributed by atoms with van der Waals surface area (Å²) in [5.74, 6) is -2.44. The third kappa shape index (κ3) is 2.82. The Morgan fingerprint density at radius 1 is 0.833 bits per heavy atom. The van der Waals surface area contributed by atoms with Crippen LogP contribution in [0.4, 0.5) is 0 Å². The molecule has 3 N–H and O–H groups in total. The Kier molecular flexibility index (Phi) is 6.56. The van der Waals surface area contributed by atoms with Crippen molar-refractivity contribution in [3.63, 3.8) is 0 Å². The van der Waals surface area contributed by atoms with Gasteiger partial charge in [-0.3, -0.25) is 0 Å². The van der Waals surface area contributed by atoms with E-state index in [0.29, 0.717) is 0 Å². The summed E-state index contributed by atoms with van der Waals surface area (Å²) in [5, 5.41) is 27.5. The van der Waals surface area contributed by atoms with Crippen LogP contribution in [0.1, 0.15) is 6.42 Å². The maximum absolute atomic E-state index is 10.4. The van der Waals surface area contributed by atoms with E-state index in [1.807, 2.05) is 0 Å². The molecule has 0 bridgehead atoms. The van der Waals surface area contributed by atoms with Crippen molar-refractivity contribution in [2.75, 3.05) is 19.8 Å². The molecule has 0 unspecified atom stereocenters. The molecule has 0 aromatic heterocycles. The van der Waals surface area contributed by atoms with Crippen LogP contribution in [-0.4, -0.2) is 59.2 Å². The highest BCUT2D eigenvalue weighted by Crippen LogP contribution is 2.39. The fourth-order valence-corrected chi connectivity index (χ4v) is 1.42. The van der Waals surface area contributed by atoms with Gasteiger partial charge in [0.2, 0.25) is 18.2 Å². The molecule has 9 heteroatoms. The monoisotopic (exact) mass is 257 g/mol. The molecule has 0 aliphatic heterocycles. The van der Waals surface area contributed by atoms with Gasteiger partial charge < -0.3 is 15.3 Å². The van der Waals surface area contributed by atoms with Crippen LogP contribution in [0.2, 0.25) is 0 Å². The average molecular weight is 257 g/mol. The van der Waals surface area contributed by atoms with Gasteiger partial charge in [-0.25, -0.2) is 14.4 Å². The van der Waals surface area contributed by atoms with E-state index in [1.54, 1.807) is 0 Å². The molecule has 0 spiro atoms. The lowest BCUT2D eigenvalue weighted by Gasteiger charge is -2.36. The third-order valence-electron chi connectivity index (χ3n) is 2.51. The fourth-order valence-electron chi connectivity index (χ4n) is 1.42. The van der Waals surface area contributed by atoms with E-state index in [2.05, 4.69) is 15.0 Å². The van der Waals surface area contributed by atoms with Gasteiger partial charge in [-0.15, -0.1) is 15.0 Å². The highest BCUT2D eigenvalue weighted by Gasteiger charge is 2.53. The van der Waals surface area contributed by atoms with Gasteiger partial charge >= 0.3 is 0 Å². The number of isocyanates is 3. The van der Waals surface area contributed by atoms with Gasteiger partial charge in [-0.2, -0.15) is 0 Å². The standard InChI is InChI=1S/C9H11N3O6/c13-2-1-8(3-14,4-15)9(10-5-16,11-6-17)12-7-18/h13-15H,1-4H2. The van der Waals surface area contributed by atoms with E-state index in [9.17, 15) is 24.6 Å². The molecule has 0 rings (SSSR count). The molecule has 0 aliphatic rings. The Balaban J connectivity index is 6.13. The van der Waals surface area contributed by atoms with Crippen molar-refractivity contribution < 1.29 is 29.7 Å². The molecule has 0 aromatic carbocycles. The van der Waals surface area contributed by atoms with Crippen LogP contribution in [0.25, 0.3) is 0 Å². The minimum atomic E-state index is -2.44. The van der Waals surface area contributed by atoms with Gasteiger partial charge in [0.25, 0.3) is 5.79 Å². The summed E-state index contributed by atoms with van der Waals surface area (Å²) >= 11 is 0. The number of aliphatic imine (C=N–C) groups is 3. The van der Waals surface area contributed by atoms with Gasteiger partial charge in [0, 0.05) is 6.61 Å². The summed E-state index contributed by atoms with van der Waals surface area (Å²) in [6.45, 7) is -2.25. The molecular formula is C9H11N3O6. The zero-order valence-electron chi connectivity index (χ0n) is 9.24. The normalized spacial score (nSPS) is 13.5. The van der Waals surface area contributed by atoms with Crippen molar-refractivity contribution in [1.82, 2.24) is 0 Å². The van der Waals surface area contributed by atoms with Gasteiger partial charge in [0.1, 0.15) is 0 Å². The van der Waals surface area contributed by atoms with Gasteiger partial charge in [-0.1, -0.05) is 0 Å². The Morgan fingerprint density at radius 2 is 1.22 bits per heavy atom. The second kappa shape index (κ2) is 7.37. The summed E-state index contributed by atoms with van der Waals surface area (Å²) in [6, 6.07) is 0. The quantitative estimate of drug-likeness (QED) is 0.338. The number of aliphatic hydroxyl groups excluding tert-OH is 3. The van der Waals surface area contributed by atoms with Crippen molar-refractivity contribution in [2.45, 2.75) is 12.2 Å². The van der Waals surface area contributed by atoms with E-state index in [0.717, 1.165) is 18.2 Å². The Morgan fingerprint density at radius 3 is 1.44 bits per heavy atom. The van der Waals surface area contributed by atoms with Crippen LogP contribution in [0.5, 0.6) is 0 Å². The second-order valence-electron chi connectivity index (χ2n) is 3.31. The summed E-state index contributed by atoms with van der Waals surface area (Å²) in [5.41, 5.74) is -1.83. The molecule has 9 nitrogen and oxygen atoms in total. The summed E-state index contributed by atoms with van der Waals surface area (Å²) in [4.78, 5) is 40.3. The molecule has 0 radical (unpaired) electrons. The molecule has 0 atom stereocenters. The number of hydrogen-bond donors (Lipinski definition) is 3. The molecule has 0 amide bonds. The Hall–Kier alpha value is -1.98. The molecule has 0 saturated carbocycles. The van der Waals surface area contributed by atoms with Crippen molar-refractivity contribution in [2.24, 2.45) is 20.4 Å². The number of nitrogens with zero attached hydrogens (tertiary/aromatic N) is 3. The number of carbonyl (C=O) groups excluding carboxylic acids is 3. The third-order valence-corrected chi connectivity index (χ3v) is 2.51. The highest BCUT2D eigenvalue weighted by molar-refractivity contribution is 5.43. The predicted octanol–water partition coefficient (Wildman–Crippen LogP) is -2.00. The van der Waals surface area contributed by atoms with Gasteiger partial charge in [-0.05, 0) is 6.42 Å². The maximum atomic E-state index is 10.4. The maximum Gasteiger partial charge on any atom is 0.287 e. The van der Waals surface area contributed by atoms with Crippen LogP contribution in [0.3, 0.4) is 0 Å². The second-order valence-corrected chi connectivity index (χ2v) is 3.31. The molecule has 0 fully saturated rings. The SMILES string of the molecule is O=C=NC(N=C=O)(N=C=O)C(CO)(CO)CCO. The number of aliphatic hydroxyl groups is 3. The number of hydrogen-bond acceptors (Lipinski definition) is 9.